The lowest BCUT2D eigenvalue weighted by atomic mass is 10.1. The molecule has 5 nitrogen and oxygen atoms in total. The molecule has 1 atom stereocenters. The van der Waals surface area contributed by atoms with Crippen LogP contribution in [0, 0.1) is 5.82 Å². The molecule has 148 valence electrons. The monoisotopic (exact) mass is 466 g/mol. The lowest BCUT2D eigenvalue weighted by molar-refractivity contribution is -0.116. The van der Waals surface area contributed by atoms with Gasteiger partial charge < -0.3 is 4.90 Å². The molecule has 2 aliphatic heterocycles. The van der Waals surface area contributed by atoms with Crippen molar-refractivity contribution in [2.75, 3.05) is 18.0 Å². The van der Waals surface area contributed by atoms with Crippen molar-refractivity contribution in [1.29, 1.82) is 0 Å². The molecule has 2 aromatic rings. The van der Waals surface area contributed by atoms with Crippen molar-refractivity contribution >= 4 is 37.5 Å². The summed E-state index contributed by atoms with van der Waals surface area (Å²) in [6.07, 6.45) is 2.05. The van der Waals surface area contributed by atoms with Crippen molar-refractivity contribution in [3.63, 3.8) is 0 Å². The van der Waals surface area contributed by atoms with E-state index in [2.05, 4.69) is 15.9 Å². The van der Waals surface area contributed by atoms with Gasteiger partial charge in [-0.2, -0.15) is 4.31 Å². The van der Waals surface area contributed by atoms with E-state index in [0.717, 1.165) is 5.56 Å². The van der Waals surface area contributed by atoms with Crippen molar-refractivity contribution in [2.24, 2.45) is 0 Å². The molecule has 0 bridgehead atoms. The minimum atomic E-state index is -3.82. The number of carbonyl (C=O) groups is 1. The smallest absolute Gasteiger partial charge is 0.244 e. The first-order valence-electron chi connectivity index (χ1n) is 9.17. The Bertz CT molecular complexity index is 1060. The highest BCUT2D eigenvalue weighted by atomic mass is 79.9. The van der Waals surface area contributed by atoms with Crippen LogP contribution < -0.4 is 4.90 Å². The molecule has 1 amide bonds. The Morgan fingerprint density at radius 1 is 1.21 bits per heavy atom. The van der Waals surface area contributed by atoms with E-state index in [1.807, 2.05) is 0 Å². The lowest BCUT2D eigenvalue weighted by Gasteiger charge is -2.26. The van der Waals surface area contributed by atoms with Crippen LogP contribution in [0.25, 0.3) is 0 Å². The number of benzene rings is 2. The number of hydrogen-bond donors (Lipinski definition) is 0. The summed E-state index contributed by atoms with van der Waals surface area (Å²) in [5.41, 5.74) is 2.25. The summed E-state index contributed by atoms with van der Waals surface area (Å²) in [5.74, 6) is -0.485. The predicted molar refractivity (Wildman–Crippen MR) is 108 cm³/mol. The number of carbonyl (C=O) groups excluding carboxylic acids is 1. The Kier molecular flexibility index (Phi) is 5.05. The number of halogens is 2. The van der Waals surface area contributed by atoms with Crippen molar-refractivity contribution in [1.82, 2.24) is 4.31 Å². The SMILES string of the molecule is CC(=O)N1CCc2cc(Br)c(S(=O)(=O)N3CCCC3c3cccc(F)c3)cc21. The van der Waals surface area contributed by atoms with E-state index in [1.54, 1.807) is 29.2 Å². The summed E-state index contributed by atoms with van der Waals surface area (Å²) >= 11 is 3.41. The summed E-state index contributed by atoms with van der Waals surface area (Å²) < 4.78 is 42.6. The van der Waals surface area contributed by atoms with E-state index < -0.39 is 16.1 Å². The number of rotatable bonds is 3. The maximum Gasteiger partial charge on any atom is 0.244 e. The molecular formula is C20H20BrFN2O3S. The maximum atomic E-state index is 13.7. The molecule has 0 aromatic heterocycles. The first-order valence-corrected chi connectivity index (χ1v) is 11.4. The number of fused-ring (bicyclic) bond motifs is 1. The quantitative estimate of drug-likeness (QED) is 0.685. The van der Waals surface area contributed by atoms with E-state index in [-0.39, 0.29) is 16.6 Å². The highest BCUT2D eigenvalue weighted by Gasteiger charge is 2.38. The number of hydrogen-bond acceptors (Lipinski definition) is 3. The first-order chi connectivity index (χ1) is 13.3. The standard InChI is InChI=1S/C20H20BrFN2O3S/c1-13(25)23-9-7-15-11-17(21)20(12-19(15)23)28(26,27)24-8-3-6-18(24)14-4-2-5-16(22)10-14/h2,4-5,10-12,18H,3,6-9H2,1H3. The van der Waals surface area contributed by atoms with Crippen molar-refractivity contribution in [3.8, 4) is 0 Å². The zero-order valence-corrected chi connectivity index (χ0v) is 17.8. The lowest BCUT2D eigenvalue weighted by Crippen LogP contribution is -2.31. The molecule has 0 N–H and O–H groups in total. The van der Waals surface area contributed by atoms with Crippen LogP contribution in [-0.2, 0) is 21.2 Å². The number of anilines is 1. The number of nitrogens with zero attached hydrogens (tertiary/aromatic N) is 2. The van der Waals surface area contributed by atoms with Gasteiger partial charge in [0.05, 0.1) is 10.9 Å². The molecule has 1 unspecified atom stereocenters. The topological polar surface area (TPSA) is 57.7 Å². The van der Waals surface area contributed by atoms with Gasteiger partial charge in [-0.3, -0.25) is 4.79 Å². The number of amides is 1. The second-order valence-electron chi connectivity index (χ2n) is 7.16. The van der Waals surface area contributed by atoms with Crippen LogP contribution in [-0.4, -0.2) is 31.7 Å². The maximum absolute atomic E-state index is 13.7. The van der Waals surface area contributed by atoms with Crippen molar-refractivity contribution < 1.29 is 17.6 Å². The van der Waals surface area contributed by atoms with Gasteiger partial charge in [0.2, 0.25) is 15.9 Å². The van der Waals surface area contributed by atoms with Gasteiger partial charge in [-0.15, -0.1) is 0 Å². The Balaban J connectivity index is 1.76. The molecule has 2 aliphatic rings. The van der Waals surface area contributed by atoms with Gasteiger partial charge in [0.25, 0.3) is 0 Å². The van der Waals surface area contributed by atoms with Crippen LogP contribution in [0.3, 0.4) is 0 Å². The van der Waals surface area contributed by atoms with Gasteiger partial charge in [0, 0.05) is 30.2 Å². The molecule has 2 aromatic carbocycles. The van der Waals surface area contributed by atoms with Crippen LogP contribution in [0.2, 0.25) is 0 Å². The first kappa shape index (κ1) is 19.5. The largest absolute Gasteiger partial charge is 0.312 e. The summed E-state index contributed by atoms with van der Waals surface area (Å²) in [4.78, 5) is 13.6. The van der Waals surface area contributed by atoms with Gasteiger partial charge in [0.15, 0.2) is 0 Å². The zero-order valence-electron chi connectivity index (χ0n) is 15.4. The van der Waals surface area contributed by atoms with Crippen molar-refractivity contribution in [3.05, 3.63) is 57.8 Å². The fraction of sp³-hybridized carbons (Fsp3) is 0.350. The van der Waals surface area contributed by atoms with E-state index in [9.17, 15) is 17.6 Å². The third-order valence-electron chi connectivity index (χ3n) is 5.43. The second-order valence-corrected chi connectivity index (χ2v) is 9.87. The van der Waals surface area contributed by atoms with Crippen LogP contribution in [0.15, 0.2) is 45.8 Å². The minimum Gasteiger partial charge on any atom is -0.312 e. The molecule has 0 saturated carbocycles. The number of sulfonamides is 1. The fourth-order valence-corrected chi connectivity index (χ4v) is 6.87. The van der Waals surface area contributed by atoms with Gasteiger partial charge in [-0.05, 0) is 70.6 Å². The van der Waals surface area contributed by atoms with E-state index >= 15 is 0 Å². The average molecular weight is 467 g/mol. The highest BCUT2D eigenvalue weighted by molar-refractivity contribution is 9.10. The predicted octanol–water partition coefficient (Wildman–Crippen LogP) is 4.02. The summed E-state index contributed by atoms with van der Waals surface area (Å²) in [6.45, 7) is 2.41. The van der Waals surface area contributed by atoms with Crippen molar-refractivity contribution in [2.45, 2.75) is 37.1 Å². The van der Waals surface area contributed by atoms with Gasteiger partial charge in [0.1, 0.15) is 5.82 Å². The van der Waals surface area contributed by atoms with E-state index in [0.29, 0.717) is 48.1 Å². The Morgan fingerprint density at radius 2 is 2.00 bits per heavy atom. The Morgan fingerprint density at radius 3 is 2.71 bits per heavy atom. The molecule has 4 rings (SSSR count). The normalized spacial score (nSPS) is 19.8. The minimum absolute atomic E-state index is 0.108. The molecule has 0 aliphatic carbocycles. The summed E-state index contributed by atoms with van der Waals surface area (Å²) in [7, 11) is -3.82. The molecule has 8 heteroatoms. The van der Waals surface area contributed by atoms with E-state index in [1.165, 1.54) is 23.4 Å². The fourth-order valence-electron chi connectivity index (χ4n) is 4.11. The van der Waals surface area contributed by atoms with Crippen LogP contribution in [0.5, 0.6) is 0 Å². The Labute approximate surface area is 172 Å². The summed E-state index contributed by atoms with van der Waals surface area (Å²) in [6, 6.07) is 9.09. The average Bonchev–Trinajstić information content (AvgIpc) is 3.28. The van der Waals surface area contributed by atoms with Gasteiger partial charge >= 0.3 is 0 Å². The highest BCUT2D eigenvalue weighted by Crippen LogP contribution is 2.41. The van der Waals surface area contributed by atoms with Crippen LogP contribution >= 0.6 is 15.9 Å². The van der Waals surface area contributed by atoms with Crippen LogP contribution in [0.1, 0.15) is 36.9 Å². The van der Waals surface area contributed by atoms with E-state index in [4.69, 9.17) is 0 Å². The molecular weight excluding hydrogens is 447 g/mol. The molecule has 2 heterocycles. The molecule has 1 saturated heterocycles. The molecule has 0 spiro atoms. The molecule has 0 radical (unpaired) electrons. The zero-order chi connectivity index (χ0) is 20.1. The van der Waals surface area contributed by atoms with Gasteiger partial charge in [-0.1, -0.05) is 12.1 Å². The molecule has 28 heavy (non-hydrogen) atoms. The molecule has 1 fully saturated rings. The second kappa shape index (κ2) is 7.24. The van der Waals surface area contributed by atoms with Crippen LogP contribution in [0.4, 0.5) is 10.1 Å². The van der Waals surface area contributed by atoms with Gasteiger partial charge in [-0.25, -0.2) is 12.8 Å². The third kappa shape index (κ3) is 3.27. The Hall–Kier alpha value is -1.77. The third-order valence-corrected chi connectivity index (χ3v) is 8.30. The summed E-state index contributed by atoms with van der Waals surface area (Å²) in [5, 5.41) is 0.